The lowest BCUT2D eigenvalue weighted by atomic mass is 9.98. The number of aromatic nitrogens is 1. The van der Waals surface area contributed by atoms with E-state index in [0.29, 0.717) is 5.75 Å². The van der Waals surface area contributed by atoms with Crippen molar-refractivity contribution in [2.75, 3.05) is 7.11 Å². The quantitative estimate of drug-likeness (QED) is 0.672. The third kappa shape index (κ3) is 2.91. The number of halogens is 1. The summed E-state index contributed by atoms with van der Waals surface area (Å²) in [5.74, 6) is -0.156. The Morgan fingerprint density at radius 3 is 2.67 bits per heavy atom. The van der Waals surface area contributed by atoms with Crippen LogP contribution in [-0.4, -0.2) is 23.2 Å². The van der Waals surface area contributed by atoms with Gasteiger partial charge in [-0.15, -0.1) is 0 Å². The molecule has 0 aliphatic rings. The van der Waals surface area contributed by atoms with Crippen molar-refractivity contribution in [2.24, 2.45) is 0 Å². The van der Waals surface area contributed by atoms with E-state index in [-0.39, 0.29) is 6.42 Å². The van der Waals surface area contributed by atoms with E-state index >= 15 is 0 Å². The van der Waals surface area contributed by atoms with Gasteiger partial charge >= 0.3 is 5.97 Å². The number of carboxylic acid groups (broad SMARTS) is 1. The molecule has 0 aliphatic heterocycles. The molecule has 0 radical (unpaired) electrons. The number of methoxy groups -OCH3 is 1. The fraction of sp³-hybridized carbons (Fsp3) is 0.211. The minimum absolute atomic E-state index is 0.0467. The summed E-state index contributed by atoms with van der Waals surface area (Å²) < 4.78 is 6.38. The van der Waals surface area contributed by atoms with Crippen LogP contribution in [0.2, 0.25) is 0 Å². The summed E-state index contributed by atoms with van der Waals surface area (Å²) in [6.45, 7) is 4.04. The minimum Gasteiger partial charge on any atom is -0.496 e. The van der Waals surface area contributed by atoms with E-state index in [1.54, 1.807) is 7.11 Å². The van der Waals surface area contributed by atoms with Crippen LogP contribution in [0.15, 0.2) is 34.8 Å². The number of aromatic amines is 1. The van der Waals surface area contributed by atoms with Gasteiger partial charge in [0.05, 0.1) is 19.2 Å². The number of ether oxygens (including phenoxy) is 1. The van der Waals surface area contributed by atoms with Crippen molar-refractivity contribution in [1.29, 1.82) is 0 Å². The fourth-order valence-electron chi connectivity index (χ4n) is 3.24. The molecular weight excluding hydrogens is 370 g/mol. The molecule has 2 N–H and O–H groups in total. The van der Waals surface area contributed by atoms with Gasteiger partial charge in [0.15, 0.2) is 0 Å². The Kier molecular flexibility index (Phi) is 4.37. The second kappa shape index (κ2) is 6.32. The van der Waals surface area contributed by atoms with Gasteiger partial charge in [-0.2, -0.15) is 0 Å². The molecule has 124 valence electrons. The van der Waals surface area contributed by atoms with Crippen LogP contribution in [0.1, 0.15) is 16.7 Å². The number of aliphatic carboxylic acids is 1. The number of carbonyl (C=O) groups is 1. The normalized spacial score (nSPS) is 11.0. The molecule has 4 nitrogen and oxygen atoms in total. The third-order valence-corrected chi connectivity index (χ3v) is 4.60. The number of nitrogens with one attached hydrogen (secondary N) is 1. The molecule has 2 aromatic carbocycles. The first-order valence-corrected chi connectivity index (χ1v) is 8.37. The van der Waals surface area contributed by atoms with Crippen molar-refractivity contribution in [1.82, 2.24) is 4.98 Å². The number of H-pyrrole nitrogens is 1. The Morgan fingerprint density at radius 1 is 1.25 bits per heavy atom. The zero-order valence-corrected chi connectivity index (χ0v) is 15.3. The summed E-state index contributed by atoms with van der Waals surface area (Å²) in [6.07, 6.45) is -0.0467. The van der Waals surface area contributed by atoms with Crippen LogP contribution in [-0.2, 0) is 11.2 Å². The van der Waals surface area contributed by atoms with Crippen LogP contribution in [0.3, 0.4) is 0 Å². The zero-order valence-electron chi connectivity index (χ0n) is 13.7. The molecule has 1 aromatic heterocycles. The summed E-state index contributed by atoms with van der Waals surface area (Å²) in [6, 6.07) is 9.83. The van der Waals surface area contributed by atoms with E-state index < -0.39 is 5.97 Å². The Hall–Kier alpha value is -2.27. The number of hydrogen-bond acceptors (Lipinski definition) is 2. The number of rotatable bonds is 4. The van der Waals surface area contributed by atoms with Gasteiger partial charge in [-0.1, -0.05) is 22.0 Å². The second-order valence-corrected chi connectivity index (χ2v) is 6.81. The summed E-state index contributed by atoms with van der Waals surface area (Å²) in [7, 11) is 1.61. The van der Waals surface area contributed by atoms with E-state index in [4.69, 9.17) is 4.74 Å². The molecule has 3 rings (SSSR count). The van der Waals surface area contributed by atoms with Crippen LogP contribution >= 0.6 is 15.9 Å². The Balaban J connectivity index is 2.37. The summed E-state index contributed by atoms with van der Waals surface area (Å²) in [5.41, 5.74) is 5.57. The van der Waals surface area contributed by atoms with E-state index in [1.807, 2.05) is 38.1 Å². The number of hydrogen-bond donors (Lipinski definition) is 2. The van der Waals surface area contributed by atoms with Crippen molar-refractivity contribution in [2.45, 2.75) is 20.3 Å². The molecule has 0 aliphatic carbocycles. The lowest BCUT2D eigenvalue weighted by Crippen LogP contribution is -2.02. The summed E-state index contributed by atoms with van der Waals surface area (Å²) in [5, 5.41) is 10.4. The van der Waals surface area contributed by atoms with Crippen molar-refractivity contribution >= 4 is 32.8 Å². The largest absolute Gasteiger partial charge is 0.496 e. The smallest absolute Gasteiger partial charge is 0.307 e. The van der Waals surface area contributed by atoms with Crippen LogP contribution in [0.5, 0.6) is 5.75 Å². The van der Waals surface area contributed by atoms with Crippen molar-refractivity contribution < 1.29 is 14.6 Å². The molecular formula is C19H18BrNO3. The standard InChI is InChI=1S/C19H18BrNO3/c1-10-6-11(2)18-14(9-17(22)23)19(21-15(18)7-10)13-8-12(20)4-5-16(13)24-3/h4-8,21H,9H2,1-3H3,(H,22,23). The average Bonchev–Trinajstić information content (AvgIpc) is 2.84. The molecule has 0 atom stereocenters. The van der Waals surface area contributed by atoms with Crippen molar-refractivity contribution in [3.05, 3.63) is 51.5 Å². The maximum atomic E-state index is 11.4. The lowest BCUT2D eigenvalue weighted by molar-refractivity contribution is -0.136. The van der Waals surface area contributed by atoms with Gasteiger partial charge in [0, 0.05) is 20.9 Å². The van der Waals surface area contributed by atoms with E-state index in [0.717, 1.165) is 43.3 Å². The molecule has 0 fully saturated rings. The highest BCUT2D eigenvalue weighted by molar-refractivity contribution is 9.10. The Morgan fingerprint density at radius 2 is 2.00 bits per heavy atom. The molecule has 0 amide bonds. The van der Waals surface area contributed by atoms with Gasteiger partial charge < -0.3 is 14.8 Å². The van der Waals surface area contributed by atoms with E-state index in [2.05, 4.69) is 27.0 Å². The first-order chi connectivity index (χ1) is 11.4. The predicted molar refractivity (Wildman–Crippen MR) is 98.8 cm³/mol. The van der Waals surface area contributed by atoms with Gasteiger partial charge in [-0.05, 0) is 54.8 Å². The number of fused-ring (bicyclic) bond motifs is 1. The SMILES string of the molecule is COc1ccc(Br)cc1-c1[nH]c2cc(C)cc(C)c2c1CC(=O)O. The molecule has 0 spiro atoms. The molecule has 5 heteroatoms. The van der Waals surface area contributed by atoms with Gasteiger partial charge in [-0.25, -0.2) is 0 Å². The van der Waals surface area contributed by atoms with Crippen LogP contribution < -0.4 is 4.74 Å². The topological polar surface area (TPSA) is 62.3 Å². The van der Waals surface area contributed by atoms with Gasteiger partial charge in [0.25, 0.3) is 0 Å². The molecule has 0 unspecified atom stereocenters. The lowest BCUT2D eigenvalue weighted by Gasteiger charge is -2.10. The third-order valence-electron chi connectivity index (χ3n) is 4.10. The summed E-state index contributed by atoms with van der Waals surface area (Å²) >= 11 is 3.48. The van der Waals surface area contributed by atoms with Gasteiger partial charge in [0.1, 0.15) is 5.75 Å². The van der Waals surface area contributed by atoms with Crippen LogP contribution in [0.4, 0.5) is 0 Å². The predicted octanol–water partition coefficient (Wildman–Crippen LogP) is 4.85. The van der Waals surface area contributed by atoms with Crippen LogP contribution in [0.25, 0.3) is 22.2 Å². The number of carboxylic acids is 1. The molecule has 24 heavy (non-hydrogen) atoms. The van der Waals surface area contributed by atoms with Gasteiger partial charge in [0.2, 0.25) is 0 Å². The zero-order chi connectivity index (χ0) is 17.4. The molecule has 0 saturated carbocycles. The fourth-order valence-corrected chi connectivity index (χ4v) is 3.60. The Bertz CT molecular complexity index is 943. The molecule has 0 bridgehead atoms. The first kappa shape index (κ1) is 16.6. The molecule has 1 heterocycles. The highest BCUT2D eigenvalue weighted by Gasteiger charge is 2.20. The first-order valence-electron chi connectivity index (χ1n) is 7.58. The maximum absolute atomic E-state index is 11.4. The second-order valence-electron chi connectivity index (χ2n) is 5.90. The highest BCUT2D eigenvalue weighted by Crippen LogP contribution is 2.38. The number of benzene rings is 2. The monoisotopic (exact) mass is 387 g/mol. The number of aryl methyl sites for hydroxylation is 2. The maximum Gasteiger partial charge on any atom is 0.307 e. The molecule has 0 saturated heterocycles. The van der Waals surface area contributed by atoms with E-state index in [9.17, 15) is 9.90 Å². The Labute approximate surface area is 148 Å². The van der Waals surface area contributed by atoms with Gasteiger partial charge in [-0.3, -0.25) is 4.79 Å². The van der Waals surface area contributed by atoms with Crippen LogP contribution in [0, 0.1) is 13.8 Å². The van der Waals surface area contributed by atoms with Crippen molar-refractivity contribution in [3.63, 3.8) is 0 Å². The molecule has 3 aromatic rings. The summed E-state index contributed by atoms with van der Waals surface area (Å²) in [4.78, 5) is 14.8. The highest BCUT2D eigenvalue weighted by atomic mass is 79.9. The average molecular weight is 388 g/mol. The van der Waals surface area contributed by atoms with Crippen molar-refractivity contribution in [3.8, 4) is 17.0 Å². The van der Waals surface area contributed by atoms with E-state index in [1.165, 1.54) is 0 Å². The minimum atomic E-state index is -0.855.